The Bertz CT molecular complexity index is 746. The SMILES string of the molecule is O=C(O)c1csc(-c2csc(CCc3ccccc3)n2)c1. The van der Waals surface area contributed by atoms with Gasteiger partial charge in [0.05, 0.1) is 21.1 Å². The number of thiazole rings is 1. The Morgan fingerprint density at radius 1 is 1.10 bits per heavy atom. The maximum absolute atomic E-state index is 10.9. The normalized spacial score (nSPS) is 10.7. The number of benzene rings is 1. The largest absolute Gasteiger partial charge is 0.478 e. The lowest BCUT2D eigenvalue weighted by molar-refractivity contribution is 0.0697. The van der Waals surface area contributed by atoms with Gasteiger partial charge in [0.25, 0.3) is 0 Å². The molecule has 0 aliphatic carbocycles. The predicted octanol–water partition coefficient (Wildman–Crippen LogP) is 4.36. The van der Waals surface area contributed by atoms with E-state index in [0.717, 1.165) is 28.4 Å². The maximum atomic E-state index is 10.9. The second-order valence-electron chi connectivity index (χ2n) is 4.62. The summed E-state index contributed by atoms with van der Waals surface area (Å²) in [6.07, 6.45) is 1.88. The molecule has 0 unspecified atom stereocenters. The molecule has 0 atom stereocenters. The Hall–Kier alpha value is -1.98. The number of hydrogen-bond donors (Lipinski definition) is 1. The third-order valence-corrected chi connectivity index (χ3v) is 4.98. The Morgan fingerprint density at radius 3 is 2.62 bits per heavy atom. The Balaban J connectivity index is 1.69. The first-order chi connectivity index (χ1) is 10.2. The number of aromatic nitrogens is 1. The molecule has 1 aromatic carbocycles. The summed E-state index contributed by atoms with van der Waals surface area (Å²) >= 11 is 3.05. The molecule has 0 spiro atoms. The second kappa shape index (κ2) is 6.20. The summed E-state index contributed by atoms with van der Waals surface area (Å²) < 4.78 is 0. The van der Waals surface area contributed by atoms with Gasteiger partial charge in [-0.15, -0.1) is 22.7 Å². The summed E-state index contributed by atoms with van der Waals surface area (Å²) in [4.78, 5) is 16.4. The molecule has 0 radical (unpaired) electrons. The molecule has 106 valence electrons. The number of hydrogen-bond acceptors (Lipinski definition) is 4. The van der Waals surface area contributed by atoms with Crippen molar-refractivity contribution in [3.8, 4) is 10.6 Å². The van der Waals surface area contributed by atoms with Crippen LogP contribution in [0.25, 0.3) is 10.6 Å². The van der Waals surface area contributed by atoms with Crippen LogP contribution in [0, 0.1) is 0 Å². The molecule has 3 nitrogen and oxygen atoms in total. The van der Waals surface area contributed by atoms with Crippen LogP contribution in [0.5, 0.6) is 0 Å². The highest BCUT2D eigenvalue weighted by atomic mass is 32.1. The van der Waals surface area contributed by atoms with Crippen molar-refractivity contribution in [2.24, 2.45) is 0 Å². The van der Waals surface area contributed by atoms with Crippen LogP contribution in [0.4, 0.5) is 0 Å². The molecule has 0 fully saturated rings. The molecule has 2 heterocycles. The van der Waals surface area contributed by atoms with E-state index in [1.807, 2.05) is 23.6 Å². The van der Waals surface area contributed by atoms with E-state index in [2.05, 4.69) is 17.1 Å². The molecule has 0 saturated carbocycles. The van der Waals surface area contributed by atoms with Crippen LogP contribution in [0.3, 0.4) is 0 Å². The number of rotatable bonds is 5. The summed E-state index contributed by atoms with van der Waals surface area (Å²) in [5.74, 6) is -0.892. The number of carbonyl (C=O) groups is 1. The average Bonchev–Trinajstić information content (AvgIpc) is 3.15. The molecular weight excluding hydrogens is 302 g/mol. The van der Waals surface area contributed by atoms with Gasteiger partial charge in [-0.1, -0.05) is 30.3 Å². The van der Waals surface area contributed by atoms with Gasteiger partial charge in [-0.2, -0.15) is 0 Å². The van der Waals surface area contributed by atoms with Crippen LogP contribution in [0.15, 0.2) is 47.2 Å². The van der Waals surface area contributed by atoms with Crippen molar-refractivity contribution in [2.45, 2.75) is 12.8 Å². The minimum Gasteiger partial charge on any atom is -0.478 e. The molecule has 0 bridgehead atoms. The van der Waals surface area contributed by atoms with Crippen molar-refractivity contribution < 1.29 is 9.90 Å². The maximum Gasteiger partial charge on any atom is 0.336 e. The Kier molecular flexibility index (Phi) is 4.13. The van der Waals surface area contributed by atoms with Crippen LogP contribution in [0.1, 0.15) is 20.9 Å². The fourth-order valence-corrected chi connectivity index (χ4v) is 3.73. The second-order valence-corrected chi connectivity index (χ2v) is 6.47. The van der Waals surface area contributed by atoms with Gasteiger partial charge in [-0.25, -0.2) is 9.78 Å². The molecule has 5 heteroatoms. The Labute approximate surface area is 130 Å². The lowest BCUT2D eigenvalue weighted by atomic mass is 10.1. The van der Waals surface area contributed by atoms with E-state index in [4.69, 9.17) is 5.11 Å². The minimum absolute atomic E-state index is 0.328. The summed E-state index contributed by atoms with van der Waals surface area (Å²) in [5.41, 5.74) is 2.51. The standard InChI is InChI=1S/C16H13NO2S2/c18-16(19)12-8-14(20-9-12)13-10-21-15(17-13)7-6-11-4-2-1-3-5-11/h1-5,8-10H,6-7H2,(H,18,19). The van der Waals surface area contributed by atoms with Crippen molar-refractivity contribution in [1.29, 1.82) is 0 Å². The quantitative estimate of drug-likeness (QED) is 0.761. The highest BCUT2D eigenvalue weighted by molar-refractivity contribution is 7.14. The van der Waals surface area contributed by atoms with Crippen LogP contribution in [-0.2, 0) is 12.8 Å². The number of aryl methyl sites for hydroxylation is 2. The average molecular weight is 315 g/mol. The predicted molar refractivity (Wildman–Crippen MR) is 86.2 cm³/mol. The smallest absolute Gasteiger partial charge is 0.336 e. The van der Waals surface area contributed by atoms with Crippen LogP contribution >= 0.6 is 22.7 Å². The van der Waals surface area contributed by atoms with Crippen molar-refractivity contribution in [3.05, 3.63) is 63.3 Å². The van der Waals surface area contributed by atoms with E-state index < -0.39 is 5.97 Å². The molecule has 0 amide bonds. The van der Waals surface area contributed by atoms with Gasteiger partial charge in [-0.05, 0) is 18.1 Å². The summed E-state index contributed by atoms with van der Waals surface area (Å²) in [7, 11) is 0. The highest BCUT2D eigenvalue weighted by Crippen LogP contribution is 2.28. The number of carboxylic acid groups (broad SMARTS) is 1. The lowest BCUT2D eigenvalue weighted by Gasteiger charge is -1.97. The summed E-state index contributed by atoms with van der Waals surface area (Å²) in [6.45, 7) is 0. The molecule has 2 aromatic heterocycles. The molecule has 0 aliphatic rings. The van der Waals surface area contributed by atoms with E-state index in [1.165, 1.54) is 16.9 Å². The van der Waals surface area contributed by atoms with Gasteiger partial charge in [0.1, 0.15) is 0 Å². The molecular formula is C16H13NO2S2. The fraction of sp³-hybridized carbons (Fsp3) is 0.125. The number of carboxylic acids is 1. The van der Waals surface area contributed by atoms with Crippen molar-refractivity contribution in [1.82, 2.24) is 4.98 Å². The number of nitrogens with zero attached hydrogens (tertiary/aromatic N) is 1. The zero-order valence-corrected chi connectivity index (χ0v) is 12.8. The van der Waals surface area contributed by atoms with Gasteiger partial charge < -0.3 is 5.11 Å². The third kappa shape index (κ3) is 3.37. The highest BCUT2D eigenvalue weighted by Gasteiger charge is 2.11. The number of thiophene rings is 1. The van der Waals surface area contributed by atoms with Crippen LogP contribution in [0.2, 0.25) is 0 Å². The van der Waals surface area contributed by atoms with E-state index in [9.17, 15) is 4.79 Å². The van der Waals surface area contributed by atoms with Gasteiger partial charge in [0.15, 0.2) is 0 Å². The Morgan fingerprint density at radius 2 is 1.90 bits per heavy atom. The third-order valence-electron chi connectivity index (χ3n) is 3.12. The zero-order valence-electron chi connectivity index (χ0n) is 11.2. The number of aromatic carboxylic acids is 1. The first kappa shape index (κ1) is 14.0. The van der Waals surface area contributed by atoms with Gasteiger partial charge in [0, 0.05) is 17.2 Å². The van der Waals surface area contributed by atoms with Crippen molar-refractivity contribution >= 4 is 28.6 Å². The monoisotopic (exact) mass is 315 g/mol. The zero-order chi connectivity index (χ0) is 14.7. The first-order valence-electron chi connectivity index (χ1n) is 6.53. The molecule has 3 aromatic rings. The summed E-state index contributed by atoms with van der Waals surface area (Å²) in [5, 5.41) is 13.7. The van der Waals surface area contributed by atoms with Crippen LogP contribution < -0.4 is 0 Å². The van der Waals surface area contributed by atoms with E-state index in [-0.39, 0.29) is 0 Å². The van der Waals surface area contributed by atoms with Crippen LogP contribution in [-0.4, -0.2) is 16.1 Å². The van der Waals surface area contributed by atoms with E-state index >= 15 is 0 Å². The van der Waals surface area contributed by atoms with Gasteiger partial charge in [-0.3, -0.25) is 0 Å². The molecule has 0 saturated heterocycles. The molecule has 3 rings (SSSR count). The van der Waals surface area contributed by atoms with Gasteiger partial charge >= 0.3 is 5.97 Å². The molecule has 21 heavy (non-hydrogen) atoms. The van der Waals surface area contributed by atoms with Crippen molar-refractivity contribution in [3.63, 3.8) is 0 Å². The molecule has 1 N–H and O–H groups in total. The topological polar surface area (TPSA) is 50.2 Å². The fourth-order valence-electron chi connectivity index (χ4n) is 2.02. The molecule has 0 aliphatic heterocycles. The van der Waals surface area contributed by atoms with E-state index in [1.54, 1.807) is 22.8 Å². The minimum atomic E-state index is -0.892. The lowest BCUT2D eigenvalue weighted by Crippen LogP contribution is -1.91. The van der Waals surface area contributed by atoms with E-state index in [0.29, 0.717) is 5.56 Å². The van der Waals surface area contributed by atoms with Gasteiger partial charge in [0.2, 0.25) is 0 Å². The van der Waals surface area contributed by atoms with Crippen molar-refractivity contribution in [2.75, 3.05) is 0 Å². The first-order valence-corrected chi connectivity index (χ1v) is 8.29. The summed E-state index contributed by atoms with van der Waals surface area (Å²) in [6, 6.07) is 12.0.